The van der Waals surface area contributed by atoms with E-state index in [4.69, 9.17) is 29.9 Å². The highest BCUT2D eigenvalue weighted by molar-refractivity contribution is 7.85. The highest BCUT2D eigenvalue weighted by atomic mass is 32.2. The molecule has 1 aliphatic heterocycles. The van der Waals surface area contributed by atoms with Crippen LogP contribution in [-0.2, 0) is 17.2 Å². The third kappa shape index (κ3) is 12.2. The highest BCUT2D eigenvalue weighted by Crippen LogP contribution is 2.33. The second kappa shape index (κ2) is 17.2. The molecule has 0 saturated carbocycles. The number of aromatic hydroxyl groups is 4. The van der Waals surface area contributed by atoms with Crippen LogP contribution in [0.5, 0.6) is 34.5 Å². The zero-order chi connectivity index (χ0) is 27.8. The minimum atomic E-state index is -0.743. The van der Waals surface area contributed by atoms with Crippen molar-refractivity contribution in [3.05, 3.63) is 72.3 Å². The Kier molecular flexibility index (Phi) is 13.9. The van der Waals surface area contributed by atoms with Crippen LogP contribution < -0.4 is 9.47 Å². The topological polar surface area (TPSA) is 116 Å². The number of hydrogen-bond acceptors (Lipinski definition) is 7. The predicted octanol–water partition coefficient (Wildman–Crippen LogP) is 6.65. The number of unbranched alkanes of at least 4 members (excludes halogenated alkanes) is 5. The summed E-state index contributed by atoms with van der Waals surface area (Å²) in [6.07, 6.45) is 8.32. The molecule has 0 saturated heterocycles. The van der Waals surface area contributed by atoms with Crippen molar-refractivity contribution in [2.75, 3.05) is 12.5 Å². The molecule has 7 nitrogen and oxygen atoms in total. The van der Waals surface area contributed by atoms with Gasteiger partial charge in [0.2, 0.25) is 6.79 Å². The van der Waals surface area contributed by atoms with Crippen molar-refractivity contribution in [3.8, 4) is 34.5 Å². The molecule has 8 heteroatoms. The zero-order valence-corrected chi connectivity index (χ0v) is 23.0. The number of phenolic OH excluding ortho intramolecular Hbond substituents is 4. The van der Waals surface area contributed by atoms with Gasteiger partial charge in [-0.1, -0.05) is 52.0 Å². The summed E-state index contributed by atoms with van der Waals surface area (Å²) >= 11 is 0. The van der Waals surface area contributed by atoms with Crippen LogP contribution in [0.3, 0.4) is 0 Å². The number of benzene rings is 3. The fourth-order valence-electron chi connectivity index (χ4n) is 3.62. The molecule has 2 unspecified atom stereocenters. The van der Waals surface area contributed by atoms with E-state index in [2.05, 4.69) is 13.8 Å². The van der Waals surface area contributed by atoms with Gasteiger partial charge in [0.25, 0.3) is 0 Å². The molecule has 1 heterocycles. The first-order valence-corrected chi connectivity index (χ1v) is 14.4. The van der Waals surface area contributed by atoms with Gasteiger partial charge in [0, 0.05) is 21.8 Å². The molecular weight excluding hydrogens is 504 g/mol. The van der Waals surface area contributed by atoms with Crippen LogP contribution in [0.1, 0.15) is 57.9 Å². The lowest BCUT2D eigenvalue weighted by Crippen LogP contribution is -2.16. The second-order valence-corrected chi connectivity index (χ2v) is 11.1. The Balaban J connectivity index is 0.000000256. The van der Waals surface area contributed by atoms with Gasteiger partial charge in [-0.05, 0) is 79.1 Å². The average Bonchev–Trinajstić information content (AvgIpc) is 3.38. The molecule has 0 aromatic heterocycles. The summed E-state index contributed by atoms with van der Waals surface area (Å²) in [5.74, 6) is 3.13. The molecular formula is C30H40O7S. The van der Waals surface area contributed by atoms with E-state index < -0.39 is 10.8 Å². The van der Waals surface area contributed by atoms with Gasteiger partial charge in [-0.2, -0.15) is 0 Å². The van der Waals surface area contributed by atoms with Crippen molar-refractivity contribution >= 4 is 10.8 Å². The van der Waals surface area contributed by atoms with Gasteiger partial charge in [-0.3, -0.25) is 4.21 Å². The molecule has 0 bridgehead atoms. The maximum absolute atomic E-state index is 12.3. The summed E-state index contributed by atoms with van der Waals surface area (Å²) in [5, 5.41) is 34.8. The van der Waals surface area contributed by atoms with Crippen LogP contribution in [0.2, 0.25) is 0 Å². The maximum atomic E-state index is 12.3. The van der Waals surface area contributed by atoms with Crippen molar-refractivity contribution in [1.82, 2.24) is 0 Å². The van der Waals surface area contributed by atoms with Crippen molar-refractivity contribution in [3.63, 3.8) is 0 Å². The number of fused-ring (bicyclic) bond motifs is 1. The minimum absolute atomic E-state index is 0.169. The Morgan fingerprint density at radius 3 is 1.71 bits per heavy atom. The molecule has 0 amide bonds. The molecule has 4 rings (SSSR count). The third-order valence-corrected chi connectivity index (χ3v) is 7.56. The summed E-state index contributed by atoms with van der Waals surface area (Å²) in [5.41, 5.74) is 1.17. The van der Waals surface area contributed by atoms with E-state index in [0.717, 1.165) is 30.1 Å². The first-order valence-electron chi connectivity index (χ1n) is 13.0. The van der Waals surface area contributed by atoms with Crippen molar-refractivity contribution in [1.29, 1.82) is 0 Å². The summed E-state index contributed by atoms with van der Waals surface area (Å²) in [4.78, 5) is 0. The van der Waals surface area contributed by atoms with E-state index in [1.807, 2.05) is 18.2 Å². The van der Waals surface area contributed by atoms with E-state index in [9.17, 15) is 4.21 Å². The molecule has 3 aromatic rings. The first-order chi connectivity index (χ1) is 18.3. The van der Waals surface area contributed by atoms with E-state index in [-0.39, 0.29) is 28.2 Å². The Hall–Kier alpha value is -3.39. The molecule has 2 atom stereocenters. The summed E-state index contributed by atoms with van der Waals surface area (Å²) < 4.78 is 23.0. The summed E-state index contributed by atoms with van der Waals surface area (Å²) in [6, 6.07) is 17.4. The highest BCUT2D eigenvalue weighted by Gasteiger charge is 2.16. The fourth-order valence-corrected chi connectivity index (χ4v) is 4.89. The Labute approximate surface area is 228 Å². The molecule has 38 heavy (non-hydrogen) atoms. The molecule has 0 fully saturated rings. The van der Waals surface area contributed by atoms with Gasteiger partial charge >= 0.3 is 0 Å². The Bertz CT molecular complexity index is 999. The zero-order valence-electron chi connectivity index (χ0n) is 22.2. The van der Waals surface area contributed by atoms with Crippen molar-refractivity contribution in [2.45, 2.75) is 64.0 Å². The van der Waals surface area contributed by atoms with E-state index in [0.29, 0.717) is 6.79 Å². The van der Waals surface area contributed by atoms with E-state index >= 15 is 0 Å². The van der Waals surface area contributed by atoms with Gasteiger partial charge in [0.1, 0.15) is 23.0 Å². The lowest BCUT2D eigenvalue weighted by Gasteiger charge is -2.12. The SMILES string of the molecule is CCCCCCCCS(=O)C(C)Cc1ccc2c(c1)OCO2.Oc1ccc(O)cc1.Oc1ccc(O)cc1. The number of ether oxygens (including phenoxy) is 2. The van der Waals surface area contributed by atoms with Crippen LogP contribution in [0.4, 0.5) is 0 Å². The second-order valence-electron chi connectivity index (χ2n) is 9.09. The van der Waals surface area contributed by atoms with Gasteiger partial charge in [-0.25, -0.2) is 0 Å². The van der Waals surface area contributed by atoms with Crippen molar-refractivity contribution < 1.29 is 34.1 Å². The Morgan fingerprint density at radius 1 is 0.711 bits per heavy atom. The van der Waals surface area contributed by atoms with Gasteiger partial charge in [-0.15, -0.1) is 0 Å². The van der Waals surface area contributed by atoms with E-state index in [1.54, 1.807) is 0 Å². The number of rotatable bonds is 10. The molecule has 208 valence electrons. The van der Waals surface area contributed by atoms with Gasteiger partial charge in [0.05, 0.1) is 0 Å². The lowest BCUT2D eigenvalue weighted by molar-refractivity contribution is 0.174. The number of hydrogen-bond donors (Lipinski definition) is 4. The monoisotopic (exact) mass is 544 g/mol. The number of phenols is 4. The van der Waals surface area contributed by atoms with Gasteiger partial charge < -0.3 is 29.9 Å². The summed E-state index contributed by atoms with van der Waals surface area (Å²) in [7, 11) is -0.743. The predicted molar refractivity (Wildman–Crippen MR) is 152 cm³/mol. The third-order valence-electron chi connectivity index (χ3n) is 5.81. The van der Waals surface area contributed by atoms with Crippen LogP contribution in [0, 0.1) is 0 Å². The molecule has 3 aromatic carbocycles. The maximum Gasteiger partial charge on any atom is 0.231 e. The van der Waals surface area contributed by atoms with Crippen LogP contribution in [0.25, 0.3) is 0 Å². The smallest absolute Gasteiger partial charge is 0.231 e. The molecule has 0 spiro atoms. The molecule has 4 N–H and O–H groups in total. The molecule has 0 aliphatic carbocycles. The summed E-state index contributed by atoms with van der Waals surface area (Å²) in [6.45, 7) is 4.61. The van der Waals surface area contributed by atoms with Crippen molar-refractivity contribution in [2.24, 2.45) is 0 Å². The van der Waals surface area contributed by atoms with Crippen LogP contribution in [-0.4, -0.2) is 42.4 Å². The minimum Gasteiger partial charge on any atom is -0.508 e. The van der Waals surface area contributed by atoms with Crippen LogP contribution >= 0.6 is 0 Å². The quantitative estimate of drug-likeness (QED) is 0.167. The largest absolute Gasteiger partial charge is 0.508 e. The Morgan fingerprint density at radius 2 is 1.18 bits per heavy atom. The fraction of sp³-hybridized carbons (Fsp3) is 0.400. The molecule has 1 aliphatic rings. The standard InChI is InChI=1S/C18H28O3S.2C6H6O2/c1-3-4-5-6-7-8-11-22(19)15(2)12-16-9-10-17-18(13-16)21-14-20-17;2*7-5-1-2-6(8)4-3-5/h9-10,13,15H,3-8,11-12,14H2,1-2H3;2*1-4,7-8H. The lowest BCUT2D eigenvalue weighted by atomic mass is 10.1. The molecule has 0 radical (unpaired) electrons. The van der Waals surface area contributed by atoms with Gasteiger partial charge in [0.15, 0.2) is 11.5 Å². The average molecular weight is 545 g/mol. The van der Waals surface area contributed by atoms with E-state index in [1.165, 1.54) is 86.2 Å². The van der Waals surface area contributed by atoms with Crippen LogP contribution in [0.15, 0.2) is 66.7 Å². The first kappa shape index (κ1) is 30.8. The normalized spacial score (nSPS) is 12.9.